The summed E-state index contributed by atoms with van der Waals surface area (Å²) in [6, 6.07) is 14.7. The molecular formula is C21H18F2N2O3. The Labute approximate surface area is 160 Å². The van der Waals surface area contributed by atoms with Crippen molar-refractivity contribution in [1.82, 2.24) is 0 Å². The van der Waals surface area contributed by atoms with Crippen molar-refractivity contribution in [3.05, 3.63) is 83.4 Å². The number of rotatable bonds is 6. The van der Waals surface area contributed by atoms with Crippen LogP contribution >= 0.6 is 0 Å². The largest absolute Gasteiger partial charge is 0.508 e. The number of phenols is 1. The lowest BCUT2D eigenvalue weighted by Gasteiger charge is -2.14. The second-order valence-electron chi connectivity index (χ2n) is 6.02. The Morgan fingerprint density at radius 2 is 1.86 bits per heavy atom. The van der Waals surface area contributed by atoms with E-state index in [2.05, 4.69) is 10.6 Å². The molecule has 0 aliphatic heterocycles. The van der Waals surface area contributed by atoms with E-state index in [0.717, 1.165) is 17.7 Å². The van der Waals surface area contributed by atoms with E-state index in [4.69, 9.17) is 4.74 Å². The quantitative estimate of drug-likeness (QED) is 0.583. The number of halogens is 2. The van der Waals surface area contributed by atoms with Crippen LogP contribution in [0.4, 0.5) is 20.2 Å². The highest BCUT2D eigenvalue weighted by molar-refractivity contribution is 6.04. The highest BCUT2D eigenvalue weighted by atomic mass is 19.2. The predicted octanol–water partition coefficient (Wildman–Crippen LogP) is 4.54. The SMILES string of the molecule is COc1ccc(NC(=O)c2ccc(F)c(F)c2)cc1NCc1cccc(O)c1. The summed E-state index contributed by atoms with van der Waals surface area (Å²) in [7, 11) is 1.52. The van der Waals surface area contributed by atoms with Gasteiger partial charge in [0.25, 0.3) is 5.91 Å². The first kappa shape index (κ1) is 19.2. The smallest absolute Gasteiger partial charge is 0.255 e. The number of methoxy groups -OCH3 is 1. The molecule has 0 heterocycles. The van der Waals surface area contributed by atoms with Gasteiger partial charge >= 0.3 is 0 Å². The molecule has 0 aliphatic carbocycles. The number of amides is 1. The fourth-order valence-electron chi connectivity index (χ4n) is 2.63. The van der Waals surface area contributed by atoms with Crippen molar-refractivity contribution >= 4 is 17.3 Å². The Morgan fingerprint density at radius 3 is 2.57 bits per heavy atom. The molecule has 0 fully saturated rings. The van der Waals surface area contributed by atoms with Crippen molar-refractivity contribution in [3.8, 4) is 11.5 Å². The number of carbonyl (C=O) groups is 1. The third-order valence-electron chi connectivity index (χ3n) is 4.03. The van der Waals surface area contributed by atoms with E-state index in [0.29, 0.717) is 23.7 Å². The van der Waals surface area contributed by atoms with E-state index in [1.54, 1.807) is 36.4 Å². The number of benzene rings is 3. The first-order chi connectivity index (χ1) is 13.5. The monoisotopic (exact) mass is 384 g/mol. The van der Waals surface area contributed by atoms with Crippen LogP contribution in [0.1, 0.15) is 15.9 Å². The van der Waals surface area contributed by atoms with Gasteiger partial charge in [0.05, 0.1) is 12.8 Å². The van der Waals surface area contributed by atoms with Crippen molar-refractivity contribution < 1.29 is 23.4 Å². The van der Waals surface area contributed by atoms with Crippen molar-refractivity contribution in [2.45, 2.75) is 6.54 Å². The molecule has 3 aromatic carbocycles. The van der Waals surface area contributed by atoms with Gasteiger partial charge in [-0.2, -0.15) is 0 Å². The molecule has 3 rings (SSSR count). The third kappa shape index (κ3) is 4.56. The van der Waals surface area contributed by atoms with E-state index in [1.165, 1.54) is 13.2 Å². The summed E-state index contributed by atoms with van der Waals surface area (Å²) in [5.41, 5.74) is 1.94. The minimum atomic E-state index is -1.09. The summed E-state index contributed by atoms with van der Waals surface area (Å²) in [6.07, 6.45) is 0. The molecule has 0 saturated heterocycles. The summed E-state index contributed by atoms with van der Waals surface area (Å²) in [4.78, 5) is 12.3. The van der Waals surface area contributed by atoms with Crippen LogP contribution in [0.25, 0.3) is 0 Å². The van der Waals surface area contributed by atoms with Crippen LogP contribution in [0.3, 0.4) is 0 Å². The Balaban J connectivity index is 1.76. The van der Waals surface area contributed by atoms with Crippen molar-refractivity contribution in [3.63, 3.8) is 0 Å². The Hall–Kier alpha value is -3.61. The summed E-state index contributed by atoms with van der Waals surface area (Å²) >= 11 is 0. The predicted molar refractivity (Wildman–Crippen MR) is 103 cm³/mol. The van der Waals surface area contributed by atoms with Gasteiger partial charge in [0, 0.05) is 17.8 Å². The average molecular weight is 384 g/mol. The molecule has 0 unspecified atom stereocenters. The number of carbonyl (C=O) groups excluding carboxylic acids is 1. The van der Waals surface area contributed by atoms with E-state index in [-0.39, 0.29) is 11.3 Å². The molecule has 0 aliphatic rings. The van der Waals surface area contributed by atoms with Gasteiger partial charge in [0.15, 0.2) is 11.6 Å². The van der Waals surface area contributed by atoms with Crippen LogP contribution in [0, 0.1) is 11.6 Å². The zero-order valence-corrected chi connectivity index (χ0v) is 15.0. The number of aromatic hydroxyl groups is 1. The number of phenolic OH excluding ortho intramolecular Hbond substituents is 1. The number of ether oxygens (including phenoxy) is 1. The molecule has 3 N–H and O–H groups in total. The van der Waals surface area contributed by atoms with Crippen LogP contribution in [-0.4, -0.2) is 18.1 Å². The van der Waals surface area contributed by atoms with Crippen LogP contribution in [0.5, 0.6) is 11.5 Å². The average Bonchev–Trinajstić information content (AvgIpc) is 2.68. The minimum Gasteiger partial charge on any atom is -0.508 e. The van der Waals surface area contributed by atoms with Gasteiger partial charge in [0.2, 0.25) is 0 Å². The van der Waals surface area contributed by atoms with Crippen LogP contribution in [0.2, 0.25) is 0 Å². The molecule has 0 radical (unpaired) electrons. The second kappa shape index (κ2) is 8.39. The van der Waals surface area contributed by atoms with Gasteiger partial charge in [-0.3, -0.25) is 4.79 Å². The van der Waals surface area contributed by atoms with Gasteiger partial charge in [-0.25, -0.2) is 8.78 Å². The molecule has 0 spiro atoms. The third-order valence-corrected chi connectivity index (χ3v) is 4.03. The Morgan fingerprint density at radius 1 is 1.04 bits per heavy atom. The van der Waals surface area contributed by atoms with Gasteiger partial charge in [0.1, 0.15) is 11.5 Å². The van der Waals surface area contributed by atoms with Gasteiger partial charge < -0.3 is 20.5 Å². The Bertz CT molecular complexity index is 1010. The zero-order chi connectivity index (χ0) is 20.1. The summed E-state index contributed by atoms with van der Waals surface area (Å²) in [6.45, 7) is 0.422. The first-order valence-electron chi connectivity index (χ1n) is 8.42. The lowest BCUT2D eigenvalue weighted by atomic mass is 10.1. The summed E-state index contributed by atoms with van der Waals surface area (Å²) in [5, 5.41) is 15.4. The van der Waals surface area contributed by atoms with Gasteiger partial charge in [-0.15, -0.1) is 0 Å². The molecular weight excluding hydrogens is 366 g/mol. The first-order valence-corrected chi connectivity index (χ1v) is 8.42. The molecule has 0 bridgehead atoms. The minimum absolute atomic E-state index is 0.00369. The summed E-state index contributed by atoms with van der Waals surface area (Å²) in [5.74, 6) is -1.94. The number of hydrogen-bond donors (Lipinski definition) is 3. The maximum absolute atomic E-state index is 13.3. The normalized spacial score (nSPS) is 10.4. The maximum Gasteiger partial charge on any atom is 0.255 e. The Kier molecular flexibility index (Phi) is 5.74. The molecule has 0 saturated carbocycles. The molecule has 7 heteroatoms. The molecule has 1 amide bonds. The van der Waals surface area contributed by atoms with Crippen molar-refractivity contribution in [2.24, 2.45) is 0 Å². The second-order valence-corrected chi connectivity index (χ2v) is 6.02. The zero-order valence-electron chi connectivity index (χ0n) is 15.0. The van der Waals surface area contributed by atoms with Crippen molar-refractivity contribution in [1.29, 1.82) is 0 Å². The molecule has 3 aromatic rings. The van der Waals surface area contributed by atoms with Crippen LogP contribution < -0.4 is 15.4 Å². The summed E-state index contributed by atoms with van der Waals surface area (Å²) < 4.78 is 31.7. The van der Waals surface area contributed by atoms with Gasteiger partial charge in [-0.05, 0) is 54.1 Å². The highest BCUT2D eigenvalue weighted by Crippen LogP contribution is 2.29. The molecule has 0 aromatic heterocycles. The number of anilines is 2. The molecule has 28 heavy (non-hydrogen) atoms. The van der Waals surface area contributed by atoms with Crippen molar-refractivity contribution in [2.75, 3.05) is 17.7 Å². The molecule has 0 atom stereocenters. The van der Waals surface area contributed by atoms with E-state index in [9.17, 15) is 18.7 Å². The molecule has 5 nitrogen and oxygen atoms in total. The maximum atomic E-state index is 13.3. The van der Waals surface area contributed by atoms with E-state index >= 15 is 0 Å². The topological polar surface area (TPSA) is 70.6 Å². The van der Waals surface area contributed by atoms with Crippen LogP contribution in [-0.2, 0) is 6.54 Å². The van der Waals surface area contributed by atoms with Gasteiger partial charge in [-0.1, -0.05) is 12.1 Å². The number of nitrogens with one attached hydrogen (secondary N) is 2. The molecule has 144 valence electrons. The van der Waals surface area contributed by atoms with Crippen LogP contribution in [0.15, 0.2) is 60.7 Å². The highest BCUT2D eigenvalue weighted by Gasteiger charge is 2.12. The lowest BCUT2D eigenvalue weighted by molar-refractivity contribution is 0.102. The van der Waals surface area contributed by atoms with E-state index in [1.807, 2.05) is 6.07 Å². The lowest BCUT2D eigenvalue weighted by Crippen LogP contribution is -2.13. The fourth-order valence-corrected chi connectivity index (χ4v) is 2.63. The fraction of sp³-hybridized carbons (Fsp3) is 0.0952. The van der Waals surface area contributed by atoms with E-state index < -0.39 is 17.5 Å². The standard InChI is InChI=1S/C21H18F2N2O3/c1-28-20-8-6-15(25-21(27)14-5-7-17(22)18(23)10-14)11-19(20)24-12-13-3-2-4-16(26)9-13/h2-11,24,26H,12H2,1H3,(H,25,27). The number of hydrogen-bond acceptors (Lipinski definition) is 4.